The van der Waals surface area contributed by atoms with Crippen LogP contribution >= 0.6 is 22.9 Å². The van der Waals surface area contributed by atoms with Crippen molar-refractivity contribution in [3.05, 3.63) is 58.9 Å². The van der Waals surface area contributed by atoms with Gasteiger partial charge in [-0.2, -0.15) is 0 Å². The fourth-order valence-corrected chi connectivity index (χ4v) is 3.74. The van der Waals surface area contributed by atoms with Crippen LogP contribution in [0.25, 0.3) is 11.3 Å². The highest BCUT2D eigenvalue weighted by Gasteiger charge is 2.25. The zero-order chi connectivity index (χ0) is 19.5. The van der Waals surface area contributed by atoms with Crippen LogP contribution in [0.15, 0.2) is 53.9 Å². The summed E-state index contributed by atoms with van der Waals surface area (Å²) in [5.74, 6) is 0.128. The van der Waals surface area contributed by atoms with Gasteiger partial charge in [0.15, 0.2) is 5.13 Å². The number of hydrogen-bond donors (Lipinski definition) is 1. The van der Waals surface area contributed by atoms with Gasteiger partial charge in [0.2, 0.25) is 11.8 Å². The third kappa shape index (κ3) is 4.00. The monoisotopic (exact) mass is 413 g/mol. The molecule has 1 N–H and O–H groups in total. The van der Waals surface area contributed by atoms with Crippen molar-refractivity contribution >= 4 is 45.6 Å². The van der Waals surface area contributed by atoms with Crippen molar-refractivity contribution in [2.24, 2.45) is 0 Å². The predicted molar refractivity (Wildman–Crippen MR) is 110 cm³/mol. The SMILES string of the molecule is O=C(CN1C(=O)CCOc2ccccc21)Nc1nc(-c2ccc(Cl)cc2)cs1. The fraction of sp³-hybridized carbons (Fsp3) is 0.150. The van der Waals surface area contributed by atoms with Gasteiger partial charge in [-0.15, -0.1) is 11.3 Å². The highest BCUT2D eigenvalue weighted by molar-refractivity contribution is 7.14. The van der Waals surface area contributed by atoms with Gasteiger partial charge in [0.25, 0.3) is 0 Å². The lowest BCUT2D eigenvalue weighted by molar-refractivity contribution is -0.121. The number of aromatic nitrogens is 1. The number of ether oxygens (including phenoxy) is 1. The van der Waals surface area contributed by atoms with Crippen LogP contribution in [0.1, 0.15) is 6.42 Å². The van der Waals surface area contributed by atoms with E-state index in [1.54, 1.807) is 24.3 Å². The molecule has 0 spiro atoms. The first kappa shape index (κ1) is 18.5. The van der Waals surface area contributed by atoms with Crippen molar-refractivity contribution in [3.63, 3.8) is 0 Å². The molecule has 3 aromatic rings. The fourth-order valence-electron chi connectivity index (χ4n) is 2.88. The van der Waals surface area contributed by atoms with E-state index in [9.17, 15) is 9.59 Å². The molecule has 0 unspecified atom stereocenters. The van der Waals surface area contributed by atoms with Crippen LogP contribution in [0.5, 0.6) is 5.75 Å². The van der Waals surface area contributed by atoms with Crippen LogP contribution in [-0.4, -0.2) is 29.9 Å². The number of halogens is 1. The Bertz CT molecular complexity index is 1020. The second-order valence-corrected chi connectivity index (χ2v) is 7.43. The van der Waals surface area contributed by atoms with E-state index in [1.807, 2.05) is 29.6 Å². The number of thiazole rings is 1. The van der Waals surface area contributed by atoms with Gasteiger partial charge in [0.1, 0.15) is 12.3 Å². The van der Waals surface area contributed by atoms with Crippen molar-refractivity contribution in [1.82, 2.24) is 4.98 Å². The Hall–Kier alpha value is -2.90. The van der Waals surface area contributed by atoms with E-state index >= 15 is 0 Å². The molecule has 0 atom stereocenters. The second-order valence-electron chi connectivity index (χ2n) is 6.14. The summed E-state index contributed by atoms with van der Waals surface area (Å²) < 4.78 is 5.60. The highest BCUT2D eigenvalue weighted by atomic mass is 35.5. The third-order valence-electron chi connectivity index (χ3n) is 4.22. The number of hydrogen-bond acceptors (Lipinski definition) is 5. The Balaban J connectivity index is 1.47. The number of para-hydroxylation sites is 2. The minimum absolute atomic E-state index is 0.102. The standard InChI is InChI=1S/C20H16ClN3O3S/c21-14-7-5-13(6-8-14)15-12-28-20(22-15)23-18(25)11-24-16-3-1-2-4-17(16)27-10-9-19(24)26/h1-8,12H,9-11H2,(H,22,23,25). The van der Waals surface area contributed by atoms with E-state index in [0.717, 1.165) is 11.3 Å². The average molecular weight is 414 g/mol. The normalized spacial score (nSPS) is 13.5. The molecule has 1 aliphatic heterocycles. The summed E-state index contributed by atoms with van der Waals surface area (Å²) in [6, 6.07) is 14.5. The Morgan fingerprint density at radius 2 is 2.00 bits per heavy atom. The van der Waals surface area contributed by atoms with Crippen molar-refractivity contribution in [2.45, 2.75) is 6.42 Å². The van der Waals surface area contributed by atoms with E-state index < -0.39 is 0 Å². The summed E-state index contributed by atoms with van der Waals surface area (Å²) in [5.41, 5.74) is 2.26. The van der Waals surface area contributed by atoms with Gasteiger partial charge in [-0.3, -0.25) is 14.5 Å². The summed E-state index contributed by atoms with van der Waals surface area (Å²) in [4.78, 5) is 30.9. The molecule has 142 valence electrons. The van der Waals surface area contributed by atoms with Crippen molar-refractivity contribution in [2.75, 3.05) is 23.4 Å². The molecule has 4 rings (SSSR count). The molecule has 2 heterocycles. The molecule has 0 radical (unpaired) electrons. The molecule has 0 saturated carbocycles. The van der Waals surface area contributed by atoms with Crippen molar-refractivity contribution in [1.29, 1.82) is 0 Å². The van der Waals surface area contributed by atoms with Crippen LogP contribution in [0, 0.1) is 0 Å². The molecule has 1 aromatic heterocycles. The minimum atomic E-state index is -0.318. The van der Waals surface area contributed by atoms with Crippen LogP contribution in [0.3, 0.4) is 0 Å². The molecule has 0 bridgehead atoms. The molecule has 0 aliphatic carbocycles. The molecular formula is C20H16ClN3O3S. The molecule has 0 fully saturated rings. The van der Waals surface area contributed by atoms with Crippen LogP contribution in [0.4, 0.5) is 10.8 Å². The quantitative estimate of drug-likeness (QED) is 0.695. The number of carbonyl (C=O) groups is 2. The largest absolute Gasteiger partial charge is 0.491 e. The van der Waals surface area contributed by atoms with Crippen LogP contribution < -0.4 is 15.0 Å². The van der Waals surface area contributed by atoms with Gasteiger partial charge in [-0.1, -0.05) is 35.9 Å². The summed E-state index contributed by atoms with van der Waals surface area (Å²) in [5, 5.41) is 5.76. The summed E-state index contributed by atoms with van der Waals surface area (Å²) >= 11 is 7.23. The van der Waals surface area contributed by atoms with Crippen LogP contribution in [-0.2, 0) is 9.59 Å². The third-order valence-corrected chi connectivity index (χ3v) is 5.23. The lowest BCUT2D eigenvalue weighted by atomic mass is 10.2. The van der Waals surface area contributed by atoms with Gasteiger partial charge < -0.3 is 10.1 Å². The Kier molecular flexibility index (Phi) is 5.27. The molecule has 28 heavy (non-hydrogen) atoms. The topological polar surface area (TPSA) is 71.5 Å². The van der Waals surface area contributed by atoms with E-state index in [4.69, 9.17) is 16.3 Å². The number of amides is 2. The van der Waals surface area contributed by atoms with Gasteiger partial charge >= 0.3 is 0 Å². The predicted octanol–water partition coefficient (Wildman–Crippen LogP) is 4.22. The minimum Gasteiger partial charge on any atom is -0.491 e. The molecule has 8 heteroatoms. The first-order valence-electron chi connectivity index (χ1n) is 8.64. The summed E-state index contributed by atoms with van der Waals surface area (Å²) in [6.45, 7) is 0.194. The van der Waals surface area contributed by atoms with Crippen molar-refractivity contribution in [3.8, 4) is 17.0 Å². The van der Waals surface area contributed by atoms with E-state index in [1.165, 1.54) is 16.2 Å². The molecule has 6 nitrogen and oxygen atoms in total. The average Bonchev–Trinajstić information content (AvgIpc) is 3.09. The highest BCUT2D eigenvalue weighted by Crippen LogP contribution is 2.31. The van der Waals surface area contributed by atoms with Gasteiger partial charge in [0.05, 0.1) is 24.4 Å². The molecule has 1 aliphatic rings. The Labute approximate surface area is 170 Å². The lowest BCUT2D eigenvalue weighted by Crippen LogP contribution is -2.37. The molecule has 2 aromatic carbocycles. The Morgan fingerprint density at radius 3 is 2.82 bits per heavy atom. The maximum atomic E-state index is 12.5. The van der Waals surface area contributed by atoms with E-state index in [-0.39, 0.29) is 24.8 Å². The first-order chi connectivity index (χ1) is 13.6. The second kappa shape index (κ2) is 8.00. The number of carbonyl (C=O) groups excluding carboxylic acids is 2. The molecule has 0 saturated heterocycles. The van der Waals surface area contributed by atoms with Crippen molar-refractivity contribution < 1.29 is 14.3 Å². The number of nitrogens with zero attached hydrogens (tertiary/aromatic N) is 2. The summed E-state index contributed by atoms with van der Waals surface area (Å²) in [7, 11) is 0. The van der Waals surface area contributed by atoms with Crippen LogP contribution in [0.2, 0.25) is 5.02 Å². The zero-order valence-corrected chi connectivity index (χ0v) is 16.3. The molecular weight excluding hydrogens is 398 g/mol. The maximum absolute atomic E-state index is 12.5. The number of rotatable bonds is 4. The summed E-state index contributed by atoms with van der Waals surface area (Å²) in [6.07, 6.45) is 0.222. The van der Waals surface area contributed by atoms with Gasteiger partial charge in [-0.25, -0.2) is 4.98 Å². The smallest absolute Gasteiger partial charge is 0.246 e. The number of anilines is 2. The number of nitrogens with one attached hydrogen (secondary N) is 1. The number of fused-ring (bicyclic) bond motifs is 1. The first-order valence-corrected chi connectivity index (χ1v) is 9.89. The van der Waals surface area contributed by atoms with E-state index in [0.29, 0.717) is 28.2 Å². The van der Waals surface area contributed by atoms with E-state index in [2.05, 4.69) is 10.3 Å². The van der Waals surface area contributed by atoms with Gasteiger partial charge in [-0.05, 0) is 24.3 Å². The zero-order valence-electron chi connectivity index (χ0n) is 14.7. The Morgan fingerprint density at radius 1 is 1.21 bits per heavy atom. The molecule has 2 amide bonds. The lowest BCUT2D eigenvalue weighted by Gasteiger charge is -2.20. The maximum Gasteiger partial charge on any atom is 0.246 e. The van der Waals surface area contributed by atoms with Gasteiger partial charge in [0, 0.05) is 16.0 Å². The number of benzene rings is 2.